The van der Waals surface area contributed by atoms with Gasteiger partial charge in [-0.05, 0) is 23.8 Å². The number of aromatic amines is 1. The van der Waals surface area contributed by atoms with Crippen LogP contribution in [0.5, 0.6) is 5.75 Å². The van der Waals surface area contributed by atoms with E-state index in [9.17, 15) is 9.59 Å². The summed E-state index contributed by atoms with van der Waals surface area (Å²) in [6.07, 6.45) is 3.60. The van der Waals surface area contributed by atoms with Crippen molar-refractivity contribution in [3.05, 3.63) is 56.5 Å². The summed E-state index contributed by atoms with van der Waals surface area (Å²) in [5.41, 5.74) is 0.781. The average molecular weight is 312 g/mol. The third kappa shape index (κ3) is 2.57. The van der Waals surface area contributed by atoms with Gasteiger partial charge in [-0.15, -0.1) is 0 Å². The first kappa shape index (κ1) is 14.8. The van der Waals surface area contributed by atoms with Crippen molar-refractivity contribution in [2.75, 3.05) is 7.11 Å². The molecular weight excluding hydrogens is 296 g/mol. The molecule has 3 rings (SSSR count). The van der Waals surface area contributed by atoms with Gasteiger partial charge < -0.3 is 9.72 Å². The molecule has 0 saturated carbocycles. The number of hydrogen-bond acceptors (Lipinski definition) is 4. The van der Waals surface area contributed by atoms with E-state index in [-0.39, 0.29) is 0 Å². The number of aryl methyl sites for hydroxylation is 1. The molecule has 7 nitrogen and oxygen atoms in total. The molecule has 7 heteroatoms. The van der Waals surface area contributed by atoms with Crippen LogP contribution in [0.25, 0.3) is 23.3 Å². The first-order valence-electron chi connectivity index (χ1n) is 6.99. The van der Waals surface area contributed by atoms with Gasteiger partial charge >= 0.3 is 5.69 Å². The third-order valence-electron chi connectivity index (χ3n) is 3.64. The highest BCUT2D eigenvalue weighted by molar-refractivity contribution is 5.75. The highest BCUT2D eigenvalue weighted by Crippen LogP contribution is 2.15. The minimum absolute atomic E-state index is 0.305. The number of hydrogen-bond donors (Lipinski definition) is 1. The number of rotatable bonds is 3. The maximum absolute atomic E-state index is 12.1. The second-order valence-electron chi connectivity index (χ2n) is 5.14. The SMILES string of the molecule is COc1cccc(/C=C/c2nc3c([nH]2)c(=O)n(C)c(=O)n3C)c1. The van der Waals surface area contributed by atoms with Crippen LogP contribution in [0.15, 0.2) is 33.9 Å². The summed E-state index contributed by atoms with van der Waals surface area (Å²) in [6, 6.07) is 7.55. The Kier molecular flexibility index (Phi) is 3.61. The lowest BCUT2D eigenvalue weighted by Crippen LogP contribution is -2.36. The van der Waals surface area contributed by atoms with Crippen LogP contribution in [0.1, 0.15) is 11.4 Å². The van der Waals surface area contributed by atoms with Crippen LogP contribution in [0.4, 0.5) is 0 Å². The van der Waals surface area contributed by atoms with Crippen molar-refractivity contribution >= 4 is 23.3 Å². The molecular formula is C16H16N4O3. The lowest BCUT2D eigenvalue weighted by Gasteiger charge is -2.00. The fourth-order valence-corrected chi connectivity index (χ4v) is 2.34. The molecule has 0 aliphatic carbocycles. The van der Waals surface area contributed by atoms with Gasteiger partial charge in [0.15, 0.2) is 5.65 Å². The molecule has 0 amide bonds. The summed E-state index contributed by atoms with van der Waals surface area (Å²) in [4.78, 5) is 31.3. The van der Waals surface area contributed by atoms with Gasteiger partial charge in [0.05, 0.1) is 7.11 Å². The number of benzene rings is 1. The molecule has 23 heavy (non-hydrogen) atoms. The summed E-state index contributed by atoms with van der Waals surface area (Å²) in [6.45, 7) is 0. The van der Waals surface area contributed by atoms with E-state index >= 15 is 0 Å². The molecule has 0 aliphatic rings. The number of imidazole rings is 1. The molecule has 0 bridgehead atoms. The molecule has 1 aromatic carbocycles. The van der Waals surface area contributed by atoms with E-state index < -0.39 is 11.2 Å². The van der Waals surface area contributed by atoms with Crippen LogP contribution in [-0.2, 0) is 14.1 Å². The summed E-state index contributed by atoms with van der Waals surface area (Å²) in [5, 5.41) is 0. The Morgan fingerprint density at radius 3 is 2.70 bits per heavy atom. The van der Waals surface area contributed by atoms with Crippen LogP contribution in [-0.4, -0.2) is 26.2 Å². The van der Waals surface area contributed by atoms with Crippen molar-refractivity contribution in [3.63, 3.8) is 0 Å². The number of nitrogens with one attached hydrogen (secondary N) is 1. The van der Waals surface area contributed by atoms with E-state index in [4.69, 9.17) is 4.74 Å². The normalized spacial score (nSPS) is 11.4. The van der Waals surface area contributed by atoms with Gasteiger partial charge in [-0.3, -0.25) is 13.9 Å². The fourth-order valence-electron chi connectivity index (χ4n) is 2.34. The predicted molar refractivity (Wildman–Crippen MR) is 88.5 cm³/mol. The second kappa shape index (κ2) is 5.60. The minimum Gasteiger partial charge on any atom is -0.497 e. The number of aromatic nitrogens is 4. The maximum atomic E-state index is 12.1. The van der Waals surface area contributed by atoms with E-state index in [1.165, 1.54) is 11.6 Å². The number of H-pyrrole nitrogens is 1. The Bertz CT molecular complexity index is 1020. The van der Waals surface area contributed by atoms with Gasteiger partial charge in [-0.25, -0.2) is 9.78 Å². The highest BCUT2D eigenvalue weighted by atomic mass is 16.5. The zero-order valence-corrected chi connectivity index (χ0v) is 13.0. The maximum Gasteiger partial charge on any atom is 0.332 e. The Labute approximate surface area is 131 Å². The van der Waals surface area contributed by atoms with Crippen LogP contribution >= 0.6 is 0 Å². The van der Waals surface area contributed by atoms with Crippen molar-refractivity contribution in [2.24, 2.45) is 14.1 Å². The van der Waals surface area contributed by atoms with Gasteiger partial charge in [0.2, 0.25) is 0 Å². The Balaban J connectivity index is 2.06. The van der Waals surface area contributed by atoms with Crippen LogP contribution in [0.3, 0.4) is 0 Å². The molecule has 0 atom stereocenters. The number of ether oxygens (including phenoxy) is 1. The van der Waals surface area contributed by atoms with Gasteiger partial charge in [0.1, 0.15) is 17.1 Å². The topological polar surface area (TPSA) is 81.9 Å². The Hall–Kier alpha value is -3.09. The van der Waals surface area contributed by atoms with E-state index in [0.29, 0.717) is 17.0 Å². The third-order valence-corrected chi connectivity index (χ3v) is 3.64. The molecule has 3 aromatic rings. The van der Waals surface area contributed by atoms with Gasteiger partial charge in [0.25, 0.3) is 5.56 Å². The quantitative estimate of drug-likeness (QED) is 0.786. The van der Waals surface area contributed by atoms with Crippen molar-refractivity contribution in [2.45, 2.75) is 0 Å². The minimum atomic E-state index is -0.405. The molecule has 0 unspecified atom stereocenters. The van der Waals surface area contributed by atoms with E-state index in [2.05, 4.69) is 9.97 Å². The van der Waals surface area contributed by atoms with Crippen LogP contribution < -0.4 is 16.0 Å². The largest absolute Gasteiger partial charge is 0.497 e. The highest BCUT2D eigenvalue weighted by Gasteiger charge is 2.12. The smallest absolute Gasteiger partial charge is 0.332 e. The number of methoxy groups -OCH3 is 1. The molecule has 0 aliphatic heterocycles. The van der Waals surface area contributed by atoms with Crippen molar-refractivity contribution < 1.29 is 4.74 Å². The van der Waals surface area contributed by atoms with E-state index in [1.54, 1.807) is 20.2 Å². The Morgan fingerprint density at radius 1 is 1.17 bits per heavy atom. The predicted octanol–water partition coefficient (Wildman–Crippen LogP) is 1.14. The molecule has 0 saturated heterocycles. The Morgan fingerprint density at radius 2 is 1.96 bits per heavy atom. The van der Waals surface area contributed by atoms with Crippen LogP contribution in [0, 0.1) is 0 Å². The lowest BCUT2D eigenvalue weighted by atomic mass is 10.2. The van der Waals surface area contributed by atoms with Crippen molar-refractivity contribution in [1.82, 2.24) is 19.1 Å². The molecule has 0 spiro atoms. The van der Waals surface area contributed by atoms with Gasteiger partial charge in [-0.1, -0.05) is 18.2 Å². The molecule has 118 valence electrons. The van der Waals surface area contributed by atoms with E-state index in [0.717, 1.165) is 15.9 Å². The number of fused-ring (bicyclic) bond motifs is 1. The molecule has 0 radical (unpaired) electrons. The average Bonchev–Trinajstić information content (AvgIpc) is 3.01. The monoisotopic (exact) mass is 312 g/mol. The van der Waals surface area contributed by atoms with Crippen molar-refractivity contribution in [1.29, 1.82) is 0 Å². The van der Waals surface area contributed by atoms with Gasteiger partial charge in [-0.2, -0.15) is 0 Å². The van der Waals surface area contributed by atoms with Gasteiger partial charge in [0, 0.05) is 14.1 Å². The molecule has 1 N–H and O–H groups in total. The molecule has 0 fully saturated rings. The van der Waals surface area contributed by atoms with Crippen LogP contribution in [0.2, 0.25) is 0 Å². The zero-order valence-electron chi connectivity index (χ0n) is 13.0. The summed E-state index contributed by atoms with van der Waals surface area (Å²) >= 11 is 0. The van der Waals surface area contributed by atoms with E-state index in [1.807, 2.05) is 30.3 Å². The summed E-state index contributed by atoms with van der Waals surface area (Å²) in [5.74, 6) is 1.26. The van der Waals surface area contributed by atoms with Crippen molar-refractivity contribution in [3.8, 4) is 5.75 Å². The summed E-state index contributed by atoms with van der Waals surface area (Å²) < 4.78 is 7.57. The fraction of sp³-hybridized carbons (Fsp3) is 0.188. The second-order valence-corrected chi connectivity index (χ2v) is 5.14. The zero-order chi connectivity index (χ0) is 16.6. The first-order chi connectivity index (χ1) is 11.0. The molecule has 2 heterocycles. The standard InChI is InChI=1S/C16H16N4O3/c1-19-14-13(15(21)20(2)16(19)22)17-12(18-14)8-7-10-5-4-6-11(9-10)23-3/h4-9H,1-3H3,(H,17,18)/b8-7+. The first-order valence-corrected chi connectivity index (χ1v) is 6.99. The summed E-state index contributed by atoms with van der Waals surface area (Å²) in [7, 11) is 4.63. The molecule has 2 aromatic heterocycles. The lowest BCUT2D eigenvalue weighted by molar-refractivity contribution is 0.414. The number of nitrogens with zero attached hydrogens (tertiary/aromatic N) is 3.